The Morgan fingerprint density at radius 2 is 1.16 bits per heavy atom. The Kier molecular flexibility index (Phi) is 5.10. The first-order valence-corrected chi connectivity index (χ1v) is 6.19. The van der Waals surface area contributed by atoms with E-state index >= 15 is 0 Å². The minimum Gasteiger partial charge on any atom is -0.417 e. The molecule has 0 atom stereocenters. The van der Waals surface area contributed by atoms with Gasteiger partial charge < -0.3 is 4.74 Å². The van der Waals surface area contributed by atoms with Gasteiger partial charge in [-0.2, -0.15) is 8.78 Å². The predicted molar refractivity (Wildman–Crippen MR) is 67.2 cm³/mol. The highest BCUT2D eigenvalue weighted by Gasteiger charge is 2.28. The molecule has 0 saturated heterocycles. The lowest BCUT2D eigenvalue weighted by atomic mass is 10.2. The molecule has 0 N–H and O–H groups in total. The predicted octanol–water partition coefficient (Wildman–Crippen LogP) is 4.42. The molecule has 0 saturated carbocycles. The molecule has 0 bridgehead atoms. The van der Waals surface area contributed by atoms with Crippen molar-refractivity contribution in [1.29, 1.82) is 0 Å². The van der Waals surface area contributed by atoms with Gasteiger partial charge >= 0.3 is 5.97 Å². The summed E-state index contributed by atoms with van der Waals surface area (Å²) in [6, 6.07) is 0.973. The van der Waals surface area contributed by atoms with Gasteiger partial charge in [0.1, 0.15) is 0 Å². The molecule has 25 heavy (non-hydrogen) atoms. The van der Waals surface area contributed by atoms with E-state index in [9.17, 15) is 39.9 Å². The highest BCUT2D eigenvalue weighted by atomic mass is 19.2. The minimum absolute atomic E-state index is 0.370. The molecular formula is C15H4F8O2. The van der Waals surface area contributed by atoms with Crippen LogP contribution in [0.15, 0.2) is 18.2 Å². The number of rotatable bonds is 3. The second-order valence-corrected chi connectivity index (χ2v) is 4.45. The van der Waals surface area contributed by atoms with Gasteiger partial charge in [-0.15, -0.1) is 0 Å². The Balaban J connectivity index is 2.27. The summed E-state index contributed by atoms with van der Waals surface area (Å²) in [5, 5.41) is 0. The minimum atomic E-state index is -2.44. The van der Waals surface area contributed by atoms with Crippen LogP contribution in [0.25, 0.3) is 6.08 Å². The molecule has 0 aliphatic rings. The number of ether oxygens (including phenoxy) is 1. The van der Waals surface area contributed by atoms with Crippen molar-refractivity contribution in [2.45, 2.75) is 0 Å². The van der Waals surface area contributed by atoms with Gasteiger partial charge in [0.2, 0.25) is 34.8 Å². The molecule has 0 heterocycles. The molecule has 0 amide bonds. The topological polar surface area (TPSA) is 26.3 Å². The first-order chi connectivity index (χ1) is 11.6. The molecule has 2 aromatic rings. The summed E-state index contributed by atoms with van der Waals surface area (Å²) in [6.45, 7) is 0. The summed E-state index contributed by atoms with van der Waals surface area (Å²) in [4.78, 5) is 11.4. The molecule has 2 rings (SSSR count). The summed E-state index contributed by atoms with van der Waals surface area (Å²) in [7, 11) is 0. The maximum absolute atomic E-state index is 13.3. The van der Waals surface area contributed by atoms with Crippen molar-refractivity contribution in [2.24, 2.45) is 0 Å². The third-order valence-corrected chi connectivity index (χ3v) is 2.79. The Morgan fingerprint density at radius 3 is 1.64 bits per heavy atom. The molecule has 0 spiro atoms. The highest BCUT2D eigenvalue weighted by Crippen LogP contribution is 2.29. The van der Waals surface area contributed by atoms with Gasteiger partial charge in [-0.1, -0.05) is 0 Å². The molecular weight excluding hydrogens is 364 g/mol. The summed E-state index contributed by atoms with van der Waals surface area (Å²) in [6.07, 6.45) is 1.05. The summed E-state index contributed by atoms with van der Waals surface area (Å²) in [5.41, 5.74) is -0.370. The van der Waals surface area contributed by atoms with Crippen LogP contribution in [0, 0.1) is 46.5 Å². The van der Waals surface area contributed by atoms with E-state index in [1.54, 1.807) is 0 Å². The van der Waals surface area contributed by atoms with Crippen LogP contribution in [0.2, 0.25) is 0 Å². The van der Waals surface area contributed by atoms with Crippen LogP contribution >= 0.6 is 0 Å². The average molecular weight is 368 g/mol. The number of hydrogen-bond donors (Lipinski definition) is 0. The van der Waals surface area contributed by atoms with E-state index in [1.807, 2.05) is 0 Å². The standard InChI is InChI=1S/C15H4F8O2/c16-6-3-5(4-7(17)9(6)18)1-2-8(24)25-15-13(22)11(20)10(19)12(21)14(15)23/h1-4H/b2-1+. The largest absolute Gasteiger partial charge is 0.417 e. The Bertz CT molecular complexity index is 840. The lowest BCUT2D eigenvalue weighted by Crippen LogP contribution is -2.11. The zero-order valence-electron chi connectivity index (χ0n) is 11.6. The molecule has 0 radical (unpaired) electrons. The van der Waals surface area contributed by atoms with E-state index in [0.29, 0.717) is 24.3 Å². The quantitative estimate of drug-likeness (QED) is 0.200. The van der Waals surface area contributed by atoms with Crippen LogP contribution in [0.4, 0.5) is 35.1 Å². The number of benzene rings is 2. The smallest absolute Gasteiger partial charge is 0.336 e. The first-order valence-electron chi connectivity index (χ1n) is 6.19. The van der Waals surface area contributed by atoms with Gasteiger partial charge in [-0.3, -0.25) is 0 Å². The SMILES string of the molecule is O=C(/C=C/c1cc(F)c(F)c(F)c1)Oc1c(F)c(F)c(F)c(F)c1F. The second-order valence-electron chi connectivity index (χ2n) is 4.45. The third-order valence-electron chi connectivity index (χ3n) is 2.79. The van der Waals surface area contributed by atoms with Crippen molar-refractivity contribution in [3.8, 4) is 5.75 Å². The van der Waals surface area contributed by atoms with E-state index in [-0.39, 0.29) is 5.56 Å². The first kappa shape index (κ1) is 18.4. The normalized spacial score (nSPS) is 11.2. The monoisotopic (exact) mass is 368 g/mol. The van der Waals surface area contributed by atoms with Gasteiger partial charge in [0, 0.05) is 6.08 Å². The summed E-state index contributed by atoms with van der Waals surface area (Å²) >= 11 is 0. The molecule has 0 aliphatic heterocycles. The zero-order valence-corrected chi connectivity index (χ0v) is 11.6. The Labute approximate surface area is 133 Å². The summed E-state index contributed by atoms with van der Waals surface area (Å²) in [5.74, 6) is -20.2. The molecule has 0 fully saturated rings. The van der Waals surface area contributed by atoms with Crippen LogP contribution in [-0.4, -0.2) is 5.97 Å². The van der Waals surface area contributed by atoms with Gasteiger partial charge in [-0.25, -0.2) is 31.1 Å². The van der Waals surface area contributed by atoms with Gasteiger partial charge in [0.15, 0.2) is 17.5 Å². The van der Waals surface area contributed by atoms with Crippen molar-refractivity contribution >= 4 is 12.0 Å². The number of carbonyl (C=O) groups is 1. The van der Waals surface area contributed by atoms with E-state index in [1.165, 1.54) is 0 Å². The molecule has 2 aromatic carbocycles. The lowest BCUT2D eigenvalue weighted by Gasteiger charge is -2.07. The van der Waals surface area contributed by atoms with Crippen LogP contribution in [-0.2, 0) is 4.79 Å². The average Bonchev–Trinajstić information content (AvgIpc) is 2.58. The fourth-order valence-corrected chi connectivity index (χ4v) is 1.64. The van der Waals surface area contributed by atoms with E-state index in [2.05, 4.69) is 4.74 Å². The van der Waals surface area contributed by atoms with E-state index in [0.717, 1.165) is 0 Å². The fraction of sp³-hybridized carbons (Fsp3) is 0. The Morgan fingerprint density at radius 1 is 0.720 bits per heavy atom. The number of hydrogen-bond acceptors (Lipinski definition) is 2. The van der Waals surface area contributed by atoms with Crippen molar-refractivity contribution in [3.63, 3.8) is 0 Å². The van der Waals surface area contributed by atoms with E-state index < -0.39 is 58.3 Å². The molecule has 132 valence electrons. The maximum atomic E-state index is 13.3. The maximum Gasteiger partial charge on any atom is 0.336 e. The molecule has 2 nitrogen and oxygen atoms in total. The third kappa shape index (κ3) is 3.62. The lowest BCUT2D eigenvalue weighted by molar-refractivity contribution is -0.129. The van der Waals surface area contributed by atoms with Crippen molar-refractivity contribution < 1.29 is 44.7 Å². The number of halogens is 8. The van der Waals surface area contributed by atoms with Gasteiger partial charge in [0.25, 0.3) is 0 Å². The van der Waals surface area contributed by atoms with Crippen molar-refractivity contribution in [2.75, 3.05) is 0 Å². The molecule has 0 aromatic heterocycles. The molecule has 0 aliphatic carbocycles. The second kappa shape index (κ2) is 6.91. The van der Waals surface area contributed by atoms with Gasteiger partial charge in [0.05, 0.1) is 0 Å². The fourth-order valence-electron chi connectivity index (χ4n) is 1.64. The molecule has 10 heteroatoms. The molecule has 0 unspecified atom stereocenters. The van der Waals surface area contributed by atoms with Crippen LogP contribution in [0.1, 0.15) is 5.56 Å². The summed E-state index contributed by atoms with van der Waals surface area (Å²) < 4.78 is 108. The number of esters is 1. The Hall–Kier alpha value is -2.91. The van der Waals surface area contributed by atoms with Crippen LogP contribution in [0.5, 0.6) is 5.75 Å². The zero-order chi connectivity index (χ0) is 18.9. The van der Waals surface area contributed by atoms with Crippen LogP contribution in [0.3, 0.4) is 0 Å². The van der Waals surface area contributed by atoms with Gasteiger partial charge in [-0.05, 0) is 23.8 Å². The van der Waals surface area contributed by atoms with E-state index in [4.69, 9.17) is 0 Å². The van der Waals surface area contributed by atoms with Crippen molar-refractivity contribution in [1.82, 2.24) is 0 Å². The van der Waals surface area contributed by atoms with Crippen molar-refractivity contribution in [3.05, 3.63) is 70.3 Å². The highest BCUT2D eigenvalue weighted by molar-refractivity contribution is 5.88. The number of carbonyl (C=O) groups excluding carboxylic acids is 1. The van der Waals surface area contributed by atoms with Crippen LogP contribution < -0.4 is 4.74 Å².